The summed E-state index contributed by atoms with van der Waals surface area (Å²) in [5.41, 5.74) is 0.633. The maximum absolute atomic E-state index is 13.3. The van der Waals surface area contributed by atoms with E-state index in [0.717, 1.165) is 23.8 Å². The predicted octanol–water partition coefficient (Wildman–Crippen LogP) is 7.39. The molecule has 138 valence electrons. The van der Waals surface area contributed by atoms with Crippen LogP contribution in [0, 0.1) is 35.3 Å². The van der Waals surface area contributed by atoms with Crippen LogP contribution in [0.25, 0.3) is 6.08 Å². The lowest BCUT2D eigenvalue weighted by Crippen LogP contribution is -2.25. The van der Waals surface area contributed by atoms with Gasteiger partial charge >= 0.3 is 0 Å². The molecule has 2 fully saturated rings. The normalized spacial score (nSPS) is 30.7. The summed E-state index contributed by atoms with van der Waals surface area (Å²) < 4.78 is 26.5. The fourth-order valence-electron chi connectivity index (χ4n) is 5.08. The molecule has 2 aliphatic carbocycles. The third-order valence-corrected chi connectivity index (χ3v) is 6.52. The van der Waals surface area contributed by atoms with Gasteiger partial charge in [0.25, 0.3) is 0 Å². The van der Waals surface area contributed by atoms with Crippen molar-refractivity contribution in [2.45, 2.75) is 71.1 Å². The van der Waals surface area contributed by atoms with Crippen LogP contribution in [-0.2, 0) is 0 Å². The Morgan fingerprint density at radius 1 is 0.840 bits per heavy atom. The van der Waals surface area contributed by atoms with Gasteiger partial charge in [-0.25, -0.2) is 8.78 Å². The first-order chi connectivity index (χ1) is 12.1. The Kier molecular flexibility index (Phi) is 6.67. The number of allylic oxidation sites excluding steroid dienone is 1. The molecule has 1 aromatic rings. The maximum atomic E-state index is 13.3. The van der Waals surface area contributed by atoms with E-state index in [9.17, 15) is 8.78 Å². The van der Waals surface area contributed by atoms with E-state index in [1.165, 1.54) is 76.3 Å². The van der Waals surface area contributed by atoms with Gasteiger partial charge in [0, 0.05) is 6.07 Å². The van der Waals surface area contributed by atoms with E-state index < -0.39 is 11.6 Å². The molecule has 3 rings (SSSR count). The van der Waals surface area contributed by atoms with Gasteiger partial charge in [0.1, 0.15) is 11.6 Å². The van der Waals surface area contributed by atoms with E-state index in [-0.39, 0.29) is 0 Å². The SMILES string of the molecule is CCCC1CCC(C2CCC(/C=C/c3cc(F)cc(F)c3)CC2)CC1. The van der Waals surface area contributed by atoms with Crippen molar-refractivity contribution in [3.8, 4) is 0 Å². The number of benzene rings is 1. The summed E-state index contributed by atoms with van der Waals surface area (Å²) >= 11 is 0. The molecule has 0 amide bonds. The second-order valence-electron chi connectivity index (χ2n) is 8.31. The third-order valence-electron chi connectivity index (χ3n) is 6.52. The van der Waals surface area contributed by atoms with Gasteiger partial charge < -0.3 is 0 Å². The predicted molar refractivity (Wildman–Crippen MR) is 101 cm³/mol. The van der Waals surface area contributed by atoms with Gasteiger partial charge in [0.15, 0.2) is 0 Å². The van der Waals surface area contributed by atoms with E-state index in [1.54, 1.807) is 0 Å². The van der Waals surface area contributed by atoms with Crippen molar-refractivity contribution in [3.63, 3.8) is 0 Å². The Hall–Kier alpha value is -1.18. The monoisotopic (exact) mass is 346 g/mol. The molecule has 0 nitrogen and oxygen atoms in total. The summed E-state index contributed by atoms with van der Waals surface area (Å²) in [5, 5.41) is 0. The largest absolute Gasteiger partial charge is 0.207 e. The zero-order chi connectivity index (χ0) is 17.6. The summed E-state index contributed by atoms with van der Waals surface area (Å²) in [6.45, 7) is 2.30. The molecule has 0 unspecified atom stereocenters. The van der Waals surface area contributed by atoms with Crippen LogP contribution >= 0.6 is 0 Å². The molecule has 0 bridgehead atoms. The second-order valence-corrected chi connectivity index (χ2v) is 8.31. The summed E-state index contributed by atoms with van der Waals surface area (Å²) in [5.74, 6) is 2.43. The molecule has 2 saturated carbocycles. The van der Waals surface area contributed by atoms with Crippen molar-refractivity contribution in [3.05, 3.63) is 41.5 Å². The lowest BCUT2D eigenvalue weighted by Gasteiger charge is -2.37. The van der Waals surface area contributed by atoms with Gasteiger partial charge in [0.05, 0.1) is 0 Å². The number of hydrogen-bond acceptors (Lipinski definition) is 0. The molecule has 1 aromatic carbocycles. The molecule has 0 N–H and O–H groups in total. The van der Waals surface area contributed by atoms with Crippen molar-refractivity contribution in [2.24, 2.45) is 23.7 Å². The smallest absolute Gasteiger partial charge is 0.126 e. The van der Waals surface area contributed by atoms with Gasteiger partial charge in [0.2, 0.25) is 0 Å². The van der Waals surface area contributed by atoms with E-state index >= 15 is 0 Å². The molecule has 0 atom stereocenters. The fraction of sp³-hybridized carbons (Fsp3) is 0.652. The van der Waals surface area contributed by atoms with Crippen molar-refractivity contribution < 1.29 is 8.78 Å². The van der Waals surface area contributed by atoms with Crippen LogP contribution in [0.2, 0.25) is 0 Å². The minimum Gasteiger partial charge on any atom is -0.207 e. The molecule has 2 aliphatic rings. The Labute approximate surface area is 151 Å². The third kappa shape index (κ3) is 5.39. The van der Waals surface area contributed by atoms with Crippen molar-refractivity contribution in [1.82, 2.24) is 0 Å². The Bertz CT molecular complexity index is 541. The summed E-state index contributed by atoms with van der Waals surface area (Å²) in [4.78, 5) is 0. The Morgan fingerprint density at radius 3 is 1.96 bits per heavy atom. The first-order valence-electron chi connectivity index (χ1n) is 10.3. The summed E-state index contributed by atoms with van der Waals surface area (Å²) in [7, 11) is 0. The van der Waals surface area contributed by atoms with Gasteiger partial charge in [-0.05, 0) is 79.9 Å². The second kappa shape index (κ2) is 8.96. The summed E-state index contributed by atoms with van der Waals surface area (Å²) in [6, 6.07) is 3.73. The zero-order valence-corrected chi connectivity index (χ0v) is 15.5. The van der Waals surface area contributed by atoms with Crippen molar-refractivity contribution >= 4 is 6.08 Å². The average Bonchev–Trinajstić information content (AvgIpc) is 2.61. The fourth-order valence-corrected chi connectivity index (χ4v) is 5.08. The molecule has 0 spiro atoms. The van der Waals surface area contributed by atoms with Gasteiger partial charge in [-0.2, -0.15) is 0 Å². The van der Waals surface area contributed by atoms with Gasteiger partial charge in [-0.15, -0.1) is 0 Å². The number of hydrogen-bond donors (Lipinski definition) is 0. The maximum Gasteiger partial charge on any atom is 0.126 e. The molecule has 2 heteroatoms. The van der Waals surface area contributed by atoms with Crippen LogP contribution in [0.3, 0.4) is 0 Å². The zero-order valence-electron chi connectivity index (χ0n) is 15.5. The van der Waals surface area contributed by atoms with Crippen LogP contribution in [0.15, 0.2) is 24.3 Å². The summed E-state index contributed by atoms with van der Waals surface area (Å²) in [6.07, 6.45) is 17.7. The quantitative estimate of drug-likeness (QED) is 0.521. The van der Waals surface area contributed by atoms with Crippen LogP contribution in [0.5, 0.6) is 0 Å². The first kappa shape index (κ1) is 18.6. The Balaban J connectivity index is 1.45. The highest BCUT2D eigenvalue weighted by Crippen LogP contribution is 2.42. The van der Waals surface area contributed by atoms with Crippen LogP contribution < -0.4 is 0 Å². The molecule has 0 heterocycles. The first-order valence-corrected chi connectivity index (χ1v) is 10.3. The number of rotatable bonds is 5. The molecule has 0 radical (unpaired) electrons. The van der Waals surface area contributed by atoms with E-state index in [0.29, 0.717) is 11.5 Å². The minimum atomic E-state index is -0.498. The van der Waals surface area contributed by atoms with E-state index in [4.69, 9.17) is 0 Å². The molecular formula is C23H32F2. The lowest BCUT2D eigenvalue weighted by atomic mass is 9.68. The topological polar surface area (TPSA) is 0 Å². The van der Waals surface area contributed by atoms with E-state index in [2.05, 4.69) is 13.0 Å². The average molecular weight is 347 g/mol. The van der Waals surface area contributed by atoms with Crippen LogP contribution in [0.4, 0.5) is 8.78 Å². The molecule has 0 aromatic heterocycles. The minimum absolute atomic E-state index is 0.498. The molecule has 0 aliphatic heterocycles. The van der Waals surface area contributed by atoms with Gasteiger partial charge in [-0.1, -0.05) is 44.8 Å². The van der Waals surface area contributed by atoms with E-state index in [1.807, 2.05) is 6.08 Å². The standard InChI is InChI=1S/C23H32F2/c1-2-3-17-6-10-20(11-7-17)21-12-8-18(9-13-21)4-5-19-14-22(24)16-23(25)15-19/h4-5,14-18,20-21H,2-3,6-13H2,1H3/b5-4+. The van der Waals surface area contributed by atoms with Crippen molar-refractivity contribution in [1.29, 1.82) is 0 Å². The Morgan fingerprint density at radius 2 is 1.40 bits per heavy atom. The molecule has 0 saturated heterocycles. The van der Waals surface area contributed by atoms with Gasteiger partial charge in [-0.3, -0.25) is 0 Å². The highest BCUT2D eigenvalue weighted by atomic mass is 19.1. The number of halogens is 2. The highest BCUT2D eigenvalue weighted by molar-refractivity contribution is 5.49. The van der Waals surface area contributed by atoms with Crippen LogP contribution in [-0.4, -0.2) is 0 Å². The molecular weight excluding hydrogens is 314 g/mol. The lowest BCUT2D eigenvalue weighted by molar-refractivity contribution is 0.152. The molecule has 25 heavy (non-hydrogen) atoms. The highest BCUT2D eigenvalue weighted by Gasteiger charge is 2.29. The van der Waals surface area contributed by atoms with Crippen molar-refractivity contribution in [2.75, 3.05) is 0 Å². The van der Waals surface area contributed by atoms with Crippen LogP contribution in [0.1, 0.15) is 76.7 Å².